The molecule has 23 heavy (non-hydrogen) atoms. The maximum absolute atomic E-state index is 10.4. The van der Waals surface area contributed by atoms with Crippen molar-refractivity contribution in [3.05, 3.63) is 0 Å². The maximum atomic E-state index is 10.4. The van der Waals surface area contributed by atoms with E-state index in [0.29, 0.717) is 30.2 Å². The van der Waals surface area contributed by atoms with E-state index in [4.69, 9.17) is 4.74 Å². The fourth-order valence-corrected chi connectivity index (χ4v) is 4.47. The Kier molecular flexibility index (Phi) is 6.94. The quantitative estimate of drug-likeness (QED) is 0.821. The normalized spacial score (nSPS) is 35.2. The van der Waals surface area contributed by atoms with Crippen LogP contribution in [0.4, 0.5) is 0 Å². The van der Waals surface area contributed by atoms with Crippen molar-refractivity contribution in [2.24, 2.45) is 11.3 Å². The summed E-state index contributed by atoms with van der Waals surface area (Å²) < 4.78 is 6.04. The number of rotatable bonds is 5. The lowest BCUT2D eigenvalue weighted by molar-refractivity contribution is -0.0536. The molecule has 1 saturated heterocycles. The first-order chi connectivity index (χ1) is 10.8. The lowest BCUT2D eigenvalue weighted by atomic mass is 9.72. The van der Waals surface area contributed by atoms with Gasteiger partial charge in [0.05, 0.1) is 18.8 Å². The molecule has 2 aliphatic rings. The molecule has 0 unspecified atom stereocenters. The summed E-state index contributed by atoms with van der Waals surface area (Å²) in [5, 5.41) is 10.4. The Morgan fingerprint density at radius 1 is 1.00 bits per heavy atom. The highest BCUT2D eigenvalue weighted by Crippen LogP contribution is 2.38. The van der Waals surface area contributed by atoms with Gasteiger partial charge in [-0.15, -0.1) is 0 Å². The standard InChI is InChI=1S/C20H39NO2/c1-15-7-6-8-16(2)21(15)13-18(22)14-23-19-11-9-17(10-12-19)20(3,4)5/h15-19,22H,6-14H2,1-5H3/t15-,16-,17?,18-,19?/m1/s1. The summed E-state index contributed by atoms with van der Waals surface area (Å²) >= 11 is 0. The second-order valence-corrected chi connectivity index (χ2v) is 9.15. The highest BCUT2D eigenvalue weighted by Gasteiger charge is 2.31. The Labute approximate surface area is 143 Å². The first-order valence-corrected chi connectivity index (χ1v) is 9.82. The van der Waals surface area contributed by atoms with Gasteiger partial charge in [-0.1, -0.05) is 27.2 Å². The largest absolute Gasteiger partial charge is 0.389 e. The predicted octanol–water partition coefficient (Wildman–Crippen LogP) is 4.23. The zero-order valence-corrected chi connectivity index (χ0v) is 16.1. The lowest BCUT2D eigenvalue weighted by Crippen LogP contribution is -2.48. The highest BCUT2D eigenvalue weighted by molar-refractivity contribution is 4.83. The fraction of sp³-hybridized carbons (Fsp3) is 1.00. The van der Waals surface area contributed by atoms with Gasteiger partial charge in [-0.2, -0.15) is 0 Å². The van der Waals surface area contributed by atoms with Crippen molar-refractivity contribution in [1.29, 1.82) is 0 Å². The van der Waals surface area contributed by atoms with Gasteiger partial charge in [0.15, 0.2) is 0 Å². The predicted molar refractivity (Wildman–Crippen MR) is 96.6 cm³/mol. The summed E-state index contributed by atoms with van der Waals surface area (Å²) in [6.07, 6.45) is 8.70. The molecule has 0 aromatic rings. The minimum atomic E-state index is -0.349. The van der Waals surface area contributed by atoms with Gasteiger partial charge in [0.2, 0.25) is 0 Å². The summed E-state index contributed by atoms with van der Waals surface area (Å²) in [6.45, 7) is 12.9. The van der Waals surface area contributed by atoms with Gasteiger partial charge in [0.1, 0.15) is 0 Å². The van der Waals surface area contributed by atoms with Gasteiger partial charge >= 0.3 is 0 Å². The molecule has 1 N–H and O–H groups in total. The van der Waals surface area contributed by atoms with Crippen LogP contribution in [0.5, 0.6) is 0 Å². The Hall–Kier alpha value is -0.120. The van der Waals surface area contributed by atoms with E-state index in [1.54, 1.807) is 0 Å². The van der Waals surface area contributed by atoms with E-state index in [-0.39, 0.29) is 6.10 Å². The molecule has 0 bridgehead atoms. The molecule has 1 saturated carbocycles. The van der Waals surface area contributed by atoms with E-state index < -0.39 is 0 Å². The summed E-state index contributed by atoms with van der Waals surface area (Å²) in [5.74, 6) is 0.822. The fourth-order valence-electron chi connectivity index (χ4n) is 4.47. The van der Waals surface area contributed by atoms with Gasteiger partial charge in [-0.3, -0.25) is 4.90 Å². The molecule has 1 aliphatic carbocycles. The van der Waals surface area contributed by atoms with Crippen LogP contribution in [0.15, 0.2) is 0 Å². The molecule has 1 heterocycles. The SMILES string of the molecule is C[C@@H]1CCC[C@@H](C)N1C[C@@H](O)COC1CCC(C(C)(C)C)CC1. The van der Waals surface area contributed by atoms with Crippen molar-refractivity contribution in [3.63, 3.8) is 0 Å². The van der Waals surface area contributed by atoms with Crippen LogP contribution in [0.2, 0.25) is 0 Å². The average Bonchev–Trinajstić information content (AvgIpc) is 2.48. The van der Waals surface area contributed by atoms with Crippen LogP contribution in [-0.2, 0) is 4.74 Å². The minimum absolute atomic E-state index is 0.349. The van der Waals surface area contributed by atoms with Crippen LogP contribution >= 0.6 is 0 Å². The molecule has 3 atom stereocenters. The first kappa shape index (κ1) is 19.2. The third kappa shape index (κ3) is 5.72. The molecule has 3 heteroatoms. The number of ether oxygens (including phenoxy) is 1. The van der Waals surface area contributed by atoms with Crippen LogP contribution in [-0.4, -0.2) is 47.4 Å². The Morgan fingerprint density at radius 3 is 2.09 bits per heavy atom. The molecular formula is C20H39NO2. The van der Waals surface area contributed by atoms with Crippen molar-refractivity contribution < 1.29 is 9.84 Å². The molecule has 2 fully saturated rings. The third-order valence-electron chi connectivity index (χ3n) is 6.22. The molecule has 136 valence electrons. The van der Waals surface area contributed by atoms with E-state index in [1.807, 2.05) is 0 Å². The van der Waals surface area contributed by atoms with Crippen LogP contribution in [0, 0.1) is 11.3 Å². The van der Waals surface area contributed by atoms with E-state index in [1.165, 1.54) is 32.1 Å². The summed E-state index contributed by atoms with van der Waals surface area (Å²) in [5.41, 5.74) is 0.422. The zero-order chi connectivity index (χ0) is 17.0. The van der Waals surface area contributed by atoms with E-state index in [9.17, 15) is 5.11 Å². The molecule has 0 radical (unpaired) electrons. The first-order valence-electron chi connectivity index (χ1n) is 9.82. The monoisotopic (exact) mass is 325 g/mol. The van der Waals surface area contributed by atoms with Crippen molar-refractivity contribution in [3.8, 4) is 0 Å². The molecule has 0 spiro atoms. The van der Waals surface area contributed by atoms with Crippen molar-refractivity contribution in [2.45, 2.75) is 104 Å². The van der Waals surface area contributed by atoms with E-state index >= 15 is 0 Å². The summed E-state index contributed by atoms with van der Waals surface area (Å²) in [4.78, 5) is 2.47. The van der Waals surface area contributed by atoms with Crippen LogP contribution < -0.4 is 0 Å². The average molecular weight is 326 g/mol. The van der Waals surface area contributed by atoms with E-state index in [2.05, 4.69) is 39.5 Å². The summed E-state index contributed by atoms with van der Waals surface area (Å²) in [6, 6.07) is 1.19. The lowest BCUT2D eigenvalue weighted by Gasteiger charge is -2.40. The number of hydrogen-bond acceptors (Lipinski definition) is 3. The number of hydrogen-bond donors (Lipinski definition) is 1. The Bertz CT molecular complexity index is 334. The molecule has 1 aliphatic heterocycles. The van der Waals surface area contributed by atoms with Gasteiger partial charge in [-0.25, -0.2) is 0 Å². The minimum Gasteiger partial charge on any atom is -0.389 e. The topological polar surface area (TPSA) is 32.7 Å². The summed E-state index contributed by atoms with van der Waals surface area (Å²) in [7, 11) is 0. The van der Waals surface area contributed by atoms with Crippen LogP contribution in [0.1, 0.15) is 79.6 Å². The van der Waals surface area contributed by atoms with Gasteiger partial charge in [0, 0.05) is 18.6 Å². The number of aliphatic hydroxyl groups is 1. The zero-order valence-electron chi connectivity index (χ0n) is 16.1. The molecule has 0 aromatic heterocycles. The number of nitrogens with zero attached hydrogens (tertiary/aromatic N) is 1. The van der Waals surface area contributed by atoms with Crippen molar-refractivity contribution in [1.82, 2.24) is 4.90 Å². The number of likely N-dealkylation sites (tertiary alicyclic amines) is 1. The van der Waals surface area contributed by atoms with E-state index in [0.717, 1.165) is 25.3 Å². The Morgan fingerprint density at radius 2 is 1.57 bits per heavy atom. The number of piperidine rings is 1. The van der Waals surface area contributed by atoms with Crippen LogP contribution in [0.3, 0.4) is 0 Å². The maximum Gasteiger partial charge on any atom is 0.0900 e. The molecule has 2 rings (SSSR count). The van der Waals surface area contributed by atoms with Gasteiger partial charge in [0.25, 0.3) is 0 Å². The number of aliphatic hydroxyl groups excluding tert-OH is 1. The highest BCUT2D eigenvalue weighted by atomic mass is 16.5. The third-order valence-corrected chi connectivity index (χ3v) is 6.22. The molecule has 0 aromatic carbocycles. The molecule has 3 nitrogen and oxygen atoms in total. The van der Waals surface area contributed by atoms with Gasteiger partial charge in [-0.05, 0) is 63.7 Å². The molecule has 0 amide bonds. The van der Waals surface area contributed by atoms with Crippen LogP contribution in [0.25, 0.3) is 0 Å². The van der Waals surface area contributed by atoms with Crippen molar-refractivity contribution >= 4 is 0 Å². The molecular weight excluding hydrogens is 286 g/mol. The smallest absolute Gasteiger partial charge is 0.0900 e. The van der Waals surface area contributed by atoms with Gasteiger partial charge < -0.3 is 9.84 Å². The second kappa shape index (κ2) is 8.31. The number of β-amino-alcohol motifs (C(OH)–C–C–N with tert-alkyl or cyclic N) is 1. The van der Waals surface area contributed by atoms with Crippen molar-refractivity contribution in [2.75, 3.05) is 13.2 Å². The Balaban J connectivity index is 1.68. The second-order valence-electron chi connectivity index (χ2n) is 9.15.